The molecule has 0 bridgehead atoms. The Balaban J connectivity index is 2.53. The van der Waals surface area contributed by atoms with E-state index >= 15 is 0 Å². The quantitative estimate of drug-likeness (QED) is 0.612. The SMILES string of the molecule is COCOC1CC(CN)CCc2c1cc(OC)c(OC)c2OC. The Morgan fingerprint density at radius 1 is 1.09 bits per heavy atom. The molecule has 6 heteroatoms. The van der Waals surface area contributed by atoms with Crippen molar-refractivity contribution in [2.75, 3.05) is 41.8 Å². The normalized spacial score (nSPS) is 20.6. The van der Waals surface area contributed by atoms with Gasteiger partial charge in [0, 0.05) is 12.7 Å². The summed E-state index contributed by atoms with van der Waals surface area (Å²) in [5, 5.41) is 0. The molecule has 2 atom stereocenters. The van der Waals surface area contributed by atoms with Gasteiger partial charge in [0.2, 0.25) is 5.75 Å². The number of methoxy groups -OCH3 is 4. The molecule has 0 saturated heterocycles. The van der Waals surface area contributed by atoms with Crippen molar-refractivity contribution in [3.05, 3.63) is 17.2 Å². The fourth-order valence-electron chi connectivity index (χ4n) is 3.20. The third-order valence-corrected chi connectivity index (χ3v) is 4.38. The molecule has 0 heterocycles. The van der Waals surface area contributed by atoms with Crippen LogP contribution in [0.2, 0.25) is 0 Å². The van der Waals surface area contributed by atoms with Crippen LogP contribution in [-0.2, 0) is 15.9 Å². The van der Waals surface area contributed by atoms with Crippen LogP contribution in [0.15, 0.2) is 6.07 Å². The van der Waals surface area contributed by atoms with Gasteiger partial charge in [0.25, 0.3) is 0 Å². The summed E-state index contributed by atoms with van der Waals surface area (Å²) in [4.78, 5) is 0. The van der Waals surface area contributed by atoms with Crippen LogP contribution in [0, 0.1) is 5.92 Å². The third-order valence-electron chi connectivity index (χ3n) is 4.38. The molecule has 1 aliphatic rings. The van der Waals surface area contributed by atoms with Crippen LogP contribution in [0.3, 0.4) is 0 Å². The molecule has 0 fully saturated rings. The summed E-state index contributed by atoms with van der Waals surface area (Å²) < 4.78 is 27.6. The van der Waals surface area contributed by atoms with Gasteiger partial charge < -0.3 is 29.4 Å². The first-order valence-corrected chi connectivity index (χ1v) is 7.82. The lowest BCUT2D eigenvalue weighted by atomic mass is 9.97. The highest BCUT2D eigenvalue weighted by molar-refractivity contribution is 5.60. The minimum atomic E-state index is -0.102. The Kier molecular flexibility index (Phi) is 6.50. The van der Waals surface area contributed by atoms with Crippen molar-refractivity contribution in [1.29, 1.82) is 0 Å². The van der Waals surface area contributed by atoms with Crippen molar-refractivity contribution in [3.8, 4) is 17.2 Å². The van der Waals surface area contributed by atoms with E-state index in [0.29, 0.717) is 29.7 Å². The number of benzene rings is 1. The van der Waals surface area contributed by atoms with Gasteiger partial charge in [0.05, 0.1) is 27.4 Å². The molecule has 23 heavy (non-hydrogen) atoms. The third kappa shape index (κ3) is 3.71. The molecular weight excluding hydrogens is 298 g/mol. The maximum absolute atomic E-state index is 5.91. The van der Waals surface area contributed by atoms with Gasteiger partial charge in [-0.05, 0) is 43.4 Å². The lowest BCUT2D eigenvalue weighted by molar-refractivity contribution is -0.0796. The first-order chi connectivity index (χ1) is 11.2. The van der Waals surface area contributed by atoms with Crippen LogP contribution >= 0.6 is 0 Å². The largest absolute Gasteiger partial charge is 0.493 e. The van der Waals surface area contributed by atoms with E-state index in [-0.39, 0.29) is 12.9 Å². The van der Waals surface area contributed by atoms with Crippen molar-refractivity contribution >= 4 is 0 Å². The molecular formula is C17H27NO5. The van der Waals surface area contributed by atoms with Crippen molar-refractivity contribution in [1.82, 2.24) is 0 Å². The molecule has 0 saturated carbocycles. The average molecular weight is 325 g/mol. The van der Waals surface area contributed by atoms with Gasteiger partial charge in [-0.3, -0.25) is 0 Å². The fourth-order valence-corrected chi connectivity index (χ4v) is 3.20. The second kappa shape index (κ2) is 8.38. The summed E-state index contributed by atoms with van der Waals surface area (Å²) in [6, 6.07) is 1.98. The zero-order valence-corrected chi connectivity index (χ0v) is 14.4. The van der Waals surface area contributed by atoms with E-state index in [4.69, 9.17) is 29.4 Å². The molecule has 0 amide bonds. The minimum Gasteiger partial charge on any atom is -0.493 e. The summed E-state index contributed by atoms with van der Waals surface area (Å²) in [6.45, 7) is 0.871. The molecule has 1 aromatic rings. The highest BCUT2D eigenvalue weighted by Gasteiger charge is 2.30. The molecule has 1 aromatic carbocycles. The first kappa shape index (κ1) is 17.8. The van der Waals surface area contributed by atoms with Gasteiger partial charge in [-0.25, -0.2) is 0 Å². The Hall–Kier alpha value is -1.50. The predicted molar refractivity (Wildman–Crippen MR) is 87.3 cm³/mol. The van der Waals surface area contributed by atoms with Crippen molar-refractivity contribution in [2.45, 2.75) is 25.4 Å². The van der Waals surface area contributed by atoms with Crippen LogP contribution in [0.25, 0.3) is 0 Å². The Bertz CT molecular complexity index is 520. The average Bonchev–Trinajstić information content (AvgIpc) is 2.77. The highest BCUT2D eigenvalue weighted by Crippen LogP contribution is 2.47. The number of hydrogen-bond acceptors (Lipinski definition) is 6. The molecule has 0 spiro atoms. The second-order valence-electron chi connectivity index (χ2n) is 5.65. The number of nitrogens with two attached hydrogens (primary N) is 1. The maximum Gasteiger partial charge on any atom is 0.203 e. The van der Waals surface area contributed by atoms with Crippen LogP contribution in [0.5, 0.6) is 17.2 Å². The van der Waals surface area contributed by atoms with Crippen LogP contribution in [-0.4, -0.2) is 41.8 Å². The summed E-state index contributed by atoms with van der Waals surface area (Å²) in [6.07, 6.45) is 2.61. The molecule has 2 unspecified atom stereocenters. The van der Waals surface area contributed by atoms with Crippen molar-refractivity contribution < 1.29 is 23.7 Å². The zero-order chi connectivity index (χ0) is 16.8. The number of ether oxygens (including phenoxy) is 5. The second-order valence-corrected chi connectivity index (χ2v) is 5.65. The fraction of sp³-hybridized carbons (Fsp3) is 0.647. The predicted octanol–water partition coefficient (Wildman–Crippen LogP) is 2.29. The van der Waals surface area contributed by atoms with E-state index in [1.54, 1.807) is 28.4 Å². The van der Waals surface area contributed by atoms with Gasteiger partial charge in [0.15, 0.2) is 11.5 Å². The molecule has 2 rings (SSSR count). The van der Waals surface area contributed by atoms with E-state index in [1.165, 1.54) is 0 Å². The van der Waals surface area contributed by atoms with Gasteiger partial charge in [-0.2, -0.15) is 0 Å². The monoisotopic (exact) mass is 325 g/mol. The Morgan fingerprint density at radius 3 is 2.39 bits per heavy atom. The zero-order valence-electron chi connectivity index (χ0n) is 14.4. The number of hydrogen-bond donors (Lipinski definition) is 1. The molecule has 0 radical (unpaired) electrons. The van der Waals surface area contributed by atoms with Crippen LogP contribution < -0.4 is 19.9 Å². The van der Waals surface area contributed by atoms with Crippen molar-refractivity contribution in [2.24, 2.45) is 11.7 Å². The Labute approximate surface area is 137 Å². The molecule has 1 aliphatic carbocycles. The van der Waals surface area contributed by atoms with E-state index in [9.17, 15) is 0 Å². The van der Waals surface area contributed by atoms with Gasteiger partial charge >= 0.3 is 0 Å². The summed E-state index contributed by atoms with van der Waals surface area (Å²) in [5.41, 5.74) is 8.08. The molecule has 0 aliphatic heterocycles. The van der Waals surface area contributed by atoms with E-state index in [0.717, 1.165) is 30.4 Å². The highest BCUT2D eigenvalue weighted by atomic mass is 16.7. The topological polar surface area (TPSA) is 72.2 Å². The van der Waals surface area contributed by atoms with Gasteiger partial charge in [0.1, 0.15) is 6.79 Å². The van der Waals surface area contributed by atoms with Gasteiger partial charge in [-0.15, -0.1) is 0 Å². The molecule has 6 nitrogen and oxygen atoms in total. The summed E-state index contributed by atoms with van der Waals surface area (Å²) in [7, 11) is 6.50. The first-order valence-electron chi connectivity index (χ1n) is 7.82. The standard InChI is InChI=1S/C17H27NO5/c1-19-10-23-14-7-11(9-18)5-6-12-13(14)8-15(20-2)17(22-4)16(12)21-3/h8,11,14H,5-7,9-10,18H2,1-4H3. The van der Waals surface area contributed by atoms with Gasteiger partial charge in [-0.1, -0.05) is 0 Å². The summed E-state index contributed by atoms with van der Waals surface area (Å²) in [5.74, 6) is 2.36. The number of fused-ring (bicyclic) bond motifs is 1. The smallest absolute Gasteiger partial charge is 0.203 e. The molecule has 0 aromatic heterocycles. The van der Waals surface area contributed by atoms with E-state index in [1.807, 2.05) is 6.07 Å². The number of rotatable bonds is 7. The molecule has 130 valence electrons. The minimum absolute atomic E-state index is 0.102. The lowest BCUT2D eigenvalue weighted by Gasteiger charge is -2.23. The van der Waals surface area contributed by atoms with E-state index in [2.05, 4.69) is 0 Å². The van der Waals surface area contributed by atoms with Crippen LogP contribution in [0.4, 0.5) is 0 Å². The van der Waals surface area contributed by atoms with Crippen LogP contribution in [0.1, 0.15) is 30.1 Å². The molecule has 2 N–H and O–H groups in total. The maximum atomic E-state index is 5.91. The van der Waals surface area contributed by atoms with Crippen molar-refractivity contribution in [3.63, 3.8) is 0 Å². The van der Waals surface area contributed by atoms with E-state index < -0.39 is 0 Å². The lowest BCUT2D eigenvalue weighted by Crippen LogP contribution is -2.18. The summed E-state index contributed by atoms with van der Waals surface area (Å²) >= 11 is 0. The Morgan fingerprint density at radius 2 is 1.83 bits per heavy atom.